The third kappa shape index (κ3) is 3.15. The quantitative estimate of drug-likeness (QED) is 0.297. The summed E-state index contributed by atoms with van der Waals surface area (Å²) < 4.78 is 22.1. The first kappa shape index (κ1) is 20.0. The van der Waals surface area contributed by atoms with Crippen molar-refractivity contribution in [1.29, 1.82) is 0 Å². The van der Waals surface area contributed by atoms with Gasteiger partial charge in [0.05, 0.1) is 18.8 Å². The fourth-order valence-corrected chi connectivity index (χ4v) is 5.25. The highest BCUT2D eigenvalue weighted by molar-refractivity contribution is 14.1. The second-order valence-corrected chi connectivity index (χ2v) is 9.36. The van der Waals surface area contributed by atoms with Gasteiger partial charge in [-0.15, -0.1) is 0 Å². The predicted octanol–water partition coefficient (Wildman–Crippen LogP) is 6.15. The average molecular weight is 537 g/mol. The summed E-state index contributed by atoms with van der Waals surface area (Å²) in [5.41, 5.74) is 4.61. The highest BCUT2D eigenvalue weighted by Gasteiger charge is 2.42. The first-order valence-electron chi connectivity index (χ1n) is 9.98. The van der Waals surface area contributed by atoms with E-state index >= 15 is 0 Å². The number of benzene rings is 2. The molecule has 30 heavy (non-hydrogen) atoms. The lowest BCUT2D eigenvalue weighted by molar-refractivity contribution is 0.0506. The summed E-state index contributed by atoms with van der Waals surface area (Å²) in [4.78, 5) is 17.6. The topological polar surface area (TPSA) is 44.1 Å². The van der Waals surface area contributed by atoms with E-state index in [4.69, 9.17) is 21.3 Å². The molecule has 4 nitrogen and oxygen atoms in total. The Morgan fingerprint density at radius 3 is 2.80 bits per heavy atom. The molecule has 0 atom stereocenters. The average Bonchev–Trinajstić information content (AvgIpc) is 2.92. The number of carbonyl (C=O) groups excluding carboxylic acids is 1. The van der Waals surface area contributed by atoms with Gasteiger partial charge >= 0.3 is 5.97 Å². The summed E-state index contributed by atoms with van der Waals surface area (Å²) in [7, 11) is 0. The van der Waals surface area contributed by atoms with Gasteiger partial charge in [0.15, 0.2) is 0 Å². The van der Waals surface area contributed by atoms with Gasteiger partial charge in [-0.2, -0.15) is 0 Å². The summed E-state index contributed by atoms with van der Waals surface area (Å²) in [6, 6.07) is 11.1. The molecule has 0 N–H and O–H groups in total. The van der Waals surface area contributed by atoms with Gasteiger partial charge in [-0.05, 0) is 77.6 Å². The second kappa shape index (κ2) is 7.64. The van der Waals surface area contributed by atoms with E-state index in [1.165, 1.54) is 0 Å². The minimum absolute atomic E-state index is 0.206. The standard InChI is InChI=1S/C23H19ClFIN2O2/c1-2-30-23(29)22-27-20-16-10-19(26)18(25)9-15(16)13-7-14(8-13)21(20)28(22)11-12-5-3-4-6-17(12)24/h3-6,9-10,13-14H,2,7-8,11H2,1H3. The van der Waals surface area contributed by atoms with Gasteiger partial charge in [0.25, 0.3) is 0 Å². The predicted molar refractivity (Wildman–Crippen MR) is 122 cm³/mol. The van der Waals surface area contributed by atoms with Crippen LogP contribution in [0.3, 0.4) is 0 Å². The normalized spacial score (nSPS) is 18.8. The molecule has 0 amide bonds. The molecule has 154 valence electrons. The van der Waals surface area contributed by atoms with E-state index in [9.17, 15) is 9.18 Å². The molecule has 0 radical (unpaired) electrons. The van der Waals surface area contributed by atoms with Crippen LogP contribution in [-0.2, 0) is 11.3 Å². The van der Waals surface area contributed by atoms with Crippen molar-refractivity contribution in [2.45, 2.75) is 38.1 Å². The van der Waals surface area contributed by atoms with Crippen molar-refractivity contribution in [1.82, 2.24) is 9.55 Å². The van der Waals surface area contributed by atoms with Crippen molar-refractivity contribution in [3.05, 3.63) is 73.5 Å². The van der Waals surface area contributed by atoms with E-state index in [1.54, 1.807) is 13.0 Å². The van der Waals surface area contributed by atoms with Gasteiger partial charge in [-0.1, -0.05) is 29.8 Å². The molecule has 1 aromatic heterocycles. The number of ether oxygens (including phenoxy) is 1. The van der Waals surface area contributed by atoms with E-state index in [0.29, 0.717) is 21.1 Å². The van der Waals surface area contributed by atoms with Gasteiger partial charge in [0, 0.05) is 25.8 Å². The number of rotatable bonds is 4. The van der Waals surface area contributed by atoms with Crippen molar-refractivity contribution >= 4 is 40.2 Å². The molecule has 7 heteroatoms. The highest BCUT2D eigenvalue weighted by Crippen LogP contribution is 2.56. The molecule has 3 aromatic rings. The number of esters is 1. The number of aromatic nitrogens is 2. The summed E-state index contributed by atoms with van der Waals surface area (Å²) in [5.74, 6) is 0.216. The molecule has 3 aliphatic carbocycles. The zero-order valence-corrected chi connectivity index (χ0v) is 19.2. The molecule has 1 heterocycles. The van der Waals surface area contributed by atoms with Crippen LogP contribution in [0.5, 0.6) is 0 Å². The molecule has 2 aromatic carbocycles. The summed E-state index contributed by atoms with van der Waals surface area (Å²) in [6.07, 6.45) is 1.85. The van der Waals surface area contributed by atoms with Crippen LogP contribution in [0.25, 0.3) is 11.3 Å². The zero-order valence-electron chi connectivity index (χ0n) is 16.3. The SMILES string of the molecule is CCOC(=O)c1nc2c(n1Cc1ccccc1Cl)C1CC(C1)c1cc(F)c(I)cc1-2. The molecule has 6 rings (SSSR count). The minimum atomic E-state index is -0.452. The van der Waals surface area contributed by atoms with Crippen molar-refractivity contribution in [3.8, 4) is 11.3 Å². The third-order valence-electron chi connectivity index (χ3n) is 6.06. The molecular formula is C23H19ClFIN2O2. The van der Waals surface area contributed by atoms with E-state index in [-0.39, 0.29) is 24.2 Å². The van der Waals surface area contributed by atoms with Crippen LogP contribution < -0.4 is 0 Å². The van der Waals surface area contributed by atoms with Gasteiger partial charge < -0.3 is 9.30 Å². The fourth-order valence-electron chi connectivity index (χ4n) is 4.59. The minimum Gasteiger partial charge on any atom is -0.460 e. The maximum Gasteiger partial charge on any atom is 0.374 e. The van der Waals surface area contributed by atoms with Crippen LogP contribution >= 0.6 is 34.2 Å². The Kier molecular flexibility index (Phi) is 5.09. The van der Waals surface area contributed by atoms with Gasteiger partial charge in [0.2, 0.25) is 5.82 Å². The molecule has 0 unspecified atom stereocenters. The Morgan fingerprint density at radius 2 is 2.07 bits per heavy atom. The van der Waals surface area contributed by atoms with Crippen molar-refractivity contribution < 1.29 is 13.9 Å². The van der Waals surface area contributed by atoms with Crippen LogP contribution in [0.1, 0.15) is 59.0 Å². The number of nitrogens with zero attached hydrogens (tertiary/aromatic N) is 2. The molecule has 1 fully saturated rings. The summed E-state index contributed by atoms with van der Waals surface area (Å²) >= 11 is 8.43. The first-order valence-corrected chi connectivity index (χ1v) is 11.4. The fraction of sp³-hybridized carbons (Fsp3) is 0.304. The summed E-state index contributed by atoms with van der Waals surface area (Å²) in [6.45, 7) is 2.49. The number of hydrogen-bond acceptors (Lipinski definition) is 3. The lowest BCUT2D eigenvalue weighted by Gasteiger charge is -2.34. The van der Waals surface area contributed by atoms with E-state index in [1.807, 2.05) is 57.5 Å². The number of hydrogen-bond donors (Lipinski definition) is 0. The molecule has 2 bridgehead atoms. The van der Waals surface area contributed by atoms with E-state index in [2.05, 4.69) is 0 Å². The Labute approximate surface area is 192 Å². The lowest BCUT2D eigenvalue weighted by atomic mass is 9.71. The maximum absolute atomic E-state index is 14.3. The van der Waals surface area contributed by atoms with Gasteiger partial charge in [0.1, 0.15) is 5.82 Å². The monoisotopic (exact) mass is 536 g/mol. The molecule has 0 saturated heterocycles. The van der Waals surface area contributed by atoms with Crippen molar-refractivity contribution in [3.63, 3.8) is 0 Å². The van der Waals surface area contributed by atoms with Crippen molar-refractivity contribution in [2.24, 2.45) is 0 Å². The van der Waals surface area contributed by atoms with Gasteiger partial charge in [-0.25, -0.2) is 14.2 Å². The van der Waals surface area contributed by atoms with Crippen LogP contribution in [0, 0.1) is 9.39 Å². The first-order chi connectivity index (χ1) is 14.5. The molecule has 3 aliphatic rings. The van der Waals surface area contributed by atoms with Crippen LogP contribution in [0.2, 0.25) is 5.02 Å². The van der Waals surface area contributed by atoms with E-state index < -0.39 is 5.97 Å². The Bertz CT molecular complexity index is 1170. The molecule has 0 spiro atoms. The van der Waals surface area contributed by atoms with Gasteiger partial charge in [-0.3, -0.25) is 0 Å². The van der Waals surface area contributed by atoms with Crippen LogP contribution in [0.4, 0.5) is 4.39 Å². The zero-order chi connectivity index (χ0) is 21.0. The number of halogens is 3. The van der Waals surface area contributed by atoms with Crippen molar-refractivity contribution in [2.75, 3.05) is 6.61 Å². The Balaban J connectivity index is 1.73. The van der Waals surface area contributed by atoms with Crippen LogP contribution in [-0.4, -0.2) is 22.1 Å². The van der Waals surface area contributed by atoms with Crippen LogP contribution in [0.15, 0.2) is 36.4 Å². The third-order valence-corrected chi connectivity index (χ3v) is 7.26. The number of imidazole rings is 1. The van der Waals surface area contributed by atoms with E-state index in [0.717, 1.165) is 40.9 Å². The Morgan fingerprint density at radius 1 is 1.30 bits per heavy atom. The molecule has 0 aliphatic heterocycles. The molecular weight excluding hydrogens is 518 g/mol. The lowest BCUT2D eigenvalue weighted by Crippen LogP contribution is -2.23. The smallest absolute Gasteiger partial charge is 0.374 e. The summed E-state index contributed by atoms with van der Waals surface area (Å²) in [5, 5.41) is 0.645. The number of carbonyl (C=O) groups is 1. The molecule has 1 saturated carbocycles. The second-order valence-electron chi connectivity index (χ2n) is 7.79. The highest BCUT2D eigenvalue weighted by atomic mass is 127. The Hall–Kier alpha value is -1.93. The maximum atomic E-state index is 14.3. The largest absolute Gasteiger partial charge is 0.460 e.